The Morgan fingerprint density at radius 1 is 1.29 bits per heavy atom. The monoisotopic (exact) mass is 518 g/mol. The molecule has 1 N–H and O–H groups in total. The zero-order chi connectivity index (χ0) is 26.5. The smallest absolute Gasteiger partial charge is 0.328 e. The van der Waals surface area contributed by atoms with Crippen molar-refractivity contribution in [1.82, 2.24) is 14.9 Å². The number of amides is 2. The average molecular weight is 519 g/mol. The third-order valence-electron chi connectivity index (χ3n) is 7.83. The molecule has 0 spiro atoms. The molecule has 5 heterocycles. The number of aldehydes is 1. The van der Waals surface area contributed by atoms with Gasteiger partial charge in [0.15, 0.2) is 6.29 Å². The maximum Gasteiger partial charge on any atom is 0.328 e. The summed E-state index contributed by atoms with van der Waals surface area (Å²) in [5.41, 5.74) is 3.72. The number of anilines is 2. The molecule has 2 fully saturated rings. The SMILES string of the molecule is COCCCc1cc(NC(=O)N2CCCc3cc(C4CCN(C5COC5)CC4)c(C=O)nc32)ncc1C#N. The van der Waals surface area contributed by atoms with E-state index < -0.39 is 0 Å². The molecule has 3 aliphatic rings. The number of aryl methyl sites for hydroxylation is 2. The summed E-state index contributed by atoms with van der Waals surface area (Å²) in [4.78, 5) is 38.5. The maximum absolute atomic E-state index is 13.3. The molecule has 10 heteroatoms. The van der Waals surface area contributed by atoms with Gasteiger partial charge in [0, 0.05) is 26.5 Å². The standard InChI is InChI=1S/C28H34N6O4/c1-37-11-3-5-20-13-26(30-15-22(20)14-29)32-28(36)34-8-2-4-21-12-24(25(16-35)31-27(21)34)19-6-9-33(10-7-19)23-17-38-18-23/h12-13,15-16,19,23H,2-11,17-18H2,1H3,(H,30,32,36). The number of hydrogen-bond donors (Lipinski definition) is 1. The van der Waals surface area contributed by atoms with Crippen molar-refractivity contribution in [3.05, 3.63) is 46.3 Å². The number of piperidine rings is 1. The number of carbonyl (C=O) groups excluding carboxylic acids is 2. The highest BCUT2D eigenvalue weighted by Gasteiger charge is 2.32. The van der Waals surface area contributed by atoms with Crippen LogP contribution in [0.3, 0.4) is 0 Å². The first-order valence-electron chi connectivity index (χ1n) is 13.4. The first-order chi connectivity index (χ1) is 18.6. The number of ether oxygens (including phenoxy) is 2. The summed E-state index contributed by atoms with van der Waals surface area (Å²) in [5, 5.41) is 12.3. The van der Waals surface area contributed by atoms with E-state index in [9.17, 15) is 14.9 Å². The number of rotatable bonds is 8. The molecule has 0 unspecified atom stereocenters. The van der Waals surface area contributed by atoms with Gasteiger partial charge in [-0.3, -0.25) is 19.9 Å². The number of methoxy groups -OCH3 is 1. The molecule has 0 radical (unpaired) electrons. The number of carbonyl (C=O) groups is 2. The lowest BCUT2D eigenvalue weighted by molar-refractivity contribution is -0.0712. The van der Waals surface area contributed by atoms with E-state index in [1.807, 2.05) is 0 Å². The average Bonchev–Trinajstić information content (AvgIpc) is 2.91. The zero-order valence-electron chi connectivity index (χ0n) is 21.8. The van der Waals surface area contributed by atoms with Crippen LogP contribution in [0.25, 0.3) is 0 Å². The first-order valence-corrected chi connectivity index (χ1v) is 13.4. The number of nitrogens with zero attached hydrogens (tertiary/aromatic N) is 5. The second-order valence-corrected chi connectivity index (χ2v) is 10.2. The summed E-state index contributed by atoms with van der Waals surface area (Å²) >= 11 is 0. The van der Waals surface area contributed by atoms with Crippen LogP contribution in [0.4, 0.5) is 16.4 Å². The van der Waals surface area contributed by atoms with Crippen LogP contribution in [0.15, 0.2) is 18.3 Å². The number of fused-ring (bicyclic) bond motifs is 1. The quantitative estimate of drug-likeness (QED) is 0.417. The van der Waals surface area contributed by atoms with Gasteiger partial charge in [-0.15, -0.1) is 0 Å². The minimum atomic E-state index is -0.348. The Balaban J connectivity index is 1.32. The fraction of sp³-hybridized carbons (Fsp3) is 0.536. The number of nitriles is 1. The number of likely N-dealkylation sites (tertiary alicyclic amines) is 1. The molecule has 2 amide bonds. The highest BCUT2D eigenvalue weighted by atomic mass is 16.5. The molecule has 2 aromatic heterocycles. The summed E-state index contributed by atoms with van der Waals surface area (Å²) in [6, 6.07) is 6.19. The van der Waals surface area contributed by atoms with E-state index in [1.54, 1.807) is 18.1 Å². The molecule has 0 atom stereocenters. The van der Waals surface area contributed by atoms with Gasteiger partial charge in [-0.05, 0) is 86.4 Å². The molecule has 38 heavy (non-hydrogen) atoms. The molecule has 0 saturated carbocycles. The van der Waals surface area contributed by atoms with Gasteiger partial charge in [-0.2, -0.15) is 5.26 Å². The van der Waals surface area contributed by atoms with Gasteiger partial charge in [-0.25, -0.2) is 14.8 Å². The number of pyridine rings is 2. The second-order valence-electron chi connectivity index (χ2n) is 10.2. The molecule has 10 nitrogen and oxygen atoms in total. The Labute approximate surface area is 222 Å². The van der Waals surface area contributed by atoms with Crippen LogP contribution in [0.1, 0.15) is 64.3 Å². The van der Waals surface area contributed by atoms with E-state index >= 15 is 0 Å². The zero-order valence-corrected chi connectivity index (χ0v) is 21.8. The van der Waals surface area contributed by atoms with Gasteiger partial charge in [0.25, 0.3) is 0 Å². The van der Waals surface area contributed by atoms with Crippen LogP contribution in [-0.4, -0.2) is 79.8 Å². The number of hydrogen-bond acceptors (Lipinski definition) is 8. The number of aromatic nitrogens is 2. The van der Waals surface area contributed by atoms with E-state index in [1.165, 1.54) is 6.20 Å². The van der Waals surface area contributed by atoms with Crippen molar-refractivity contribution in [3.8, 4) is 6.07 Å². The van der Waals surface area contributed by atoms with E-state index in [2.05, 4.69) is 27.3 Å². The number of urea groups is 1. The van der Waals surface area contributed by atoms with Gasteiger partial charge in [0.2, 0.25) is 0 Å². The minimum absolute atomic E-state index is 0.286. The minimum Gasteiger partial charge on any atom is -0.385 e. The fourth-order valence-corrected chi connectivity index (χ4v) is 5.61. The molecule has 0 aliphatic carbocycles. The van der Waals surface area contributed by atoms with E-state index in [4.69, 9.17) is 14.5 Å². The van der Waals surface area contributed by atoms with E-state index in [0.717, 1.165) is 81.4 Å². The normalized spacial score (nSPS) is 18.4. The summed E-state index contributed by atoms with van der Waals surface area (Å²) in [6.45, 7) is 4.70. The molecule has 5 rings (SSSR count). The van der Waals surface area contributed by atoms with Crippen molar-refractivity contribution in [1.29, 1.82) is 5.26 Å². The largest absolute Gasteiger partial charge is 0.385 e. The van der Waals surface area contributed by atoms with Crippen LogP contribution < -0.4 is 10.2 Å². The lowest BCUT2D eigenvalue weighted by Crippen LogP contribution is -2.51. The molecule has 200 valence electrons. The van der Waals surface area contributed by atoms with Crippen molar-refractivity contribution in [2.75, 3.05) is 56.8 Å². The number of nitrogens with one attached hydrogen (secondary N) is 1. The second kappa shape index (κ2) is 12.0. The van der Waals surface area contributed by atoms with Gasteiger partial charge < -0.3 is 9.47 Å². The Morgan fingerprint density at radius 3 is 2.79 bits per heavy atom. The van der Waals surface area contributed by atoms with Crippen molar-refractivity contribution in [3.63, 3.8) is 0 Å². The summed E-state index contributed by atoms with van der Waals surface area (Å²) in [6.07, 6.45) is 7.31. The van der Waals surface area contributed by atoms with Crippen molar-refractivity contribution >= 4 is 24.0 Å². The Kier molecular flexibility index (Phi) is 8.27. The lowest BCUT2D eigenvalue weighted by Gasteiger charge is -2.41. The first kappa shape index (κ1) is 26.2. The molecule has 3 aliphatic heterocycles. The van der Waals surface area contributed by atoms with Crippen LogP contribution in [0.2, 0.25) is 0 Å². The molecule has 2 aromatic rings. The van der Waals surface area contributed by atoms with Gasteiger partial charge >= 0.3 is 6.03 Å². The Bertz CT molecular complexity index is 1220. The topological polar surface area (TPSA) is 121 Å². The third-order valence-corrected chi connectivity index (χ3v) is 7.83. The summed E-state index contributed by atoms with van der Waals surface area (Å²) < 4.78 is 10.5. The van der Waals surface area contributed by atoms with Gasteiger partial charge in [0.05, 0.1) is 24.8 Å². The van der Waals surface area contributed by atoms with E-state index in [0.29, 0.717) is 48.5 Å². The van der Waals surface area contributed by atoms with E-state index in [-0.39, 0.29) is 11.9 Å². The summed E-state index contributed by atoms with van der Waals surface area (Å²) in [7, 11) is 1.64. The van der Waals surface area contributed by atoms with Gasteiger partial charge in [0.1, 0.15) is 23.4 Å². The molecular formula is C28H34N6O4. The molecule has 2 saturated heterocycles. The molecule has 0 aromatic carbocycles. The van der Waals surface area contributed by atoms with Crippen LogP contribution in [0.5, 0.6) is 0 Å². The van der Waals surface area contributed by atoms with Crippen LogP contribution in [0, 0.1) is 11.3 Å². The third kappa shape index (κ3) is 5.55. The fourth-order valence-electron chi connectivity index (χ4n) is 5.61. The van der Waals surface area contributed by atoms with Gasteiger partial charge in [-0.1, -0.05) is 0 Å². The highest BCUT2D eigenvalue weighted by molar-refractivity contribution is 6.01. The lowest BCUT2D eigenvalue weighted by atomic mass is 9.86. The van der Waals surface area contributed by atoms with Crippen molar-refractivity contribution in [2.45, 2.75) is 50.5 Å². The highest BCUT2D eigenvalue weighted by Crippen LogP contribution is 2.35. The molecule has 0 bridgehead atoms. The Morgan fingerprint density at radius 2 is 2.11 bits per heavy atom. The van der Waals surface area contributed by atoms with Crippen molar-refractivity contribution < 1.29 is 19.1 Å². The van der Waals surface area contributed by atoms with Crippen molar-refractivity contribution in [2.24, 2.45) is 0 Å². The molecular weight excluding hydrogens is 484 g/mol. The van der Waals surface area contributed by atoms with Crippen LogP contribution >= 0.6 is 0 Å². The predicted octanol–water partition coefficient (Wildman–Crippen LogP) is 3.30. The maximum atomic E-state index is 13.3. The Hall–Kier alpha value is -3.39. The summed E-state index contributed by atoms with van der Waals surface area (Å²) in [5.74, 6) is 1.20. The predicted molar refractivity (Wildman–Crippen MR) is 142 cm³/mol. The van der Waals surface area contributed by atoms with Crippen LogP contribution in [-0.2, 0) is 22.3 Å².